The molecule has 0 unspecified atom stereocenters. The van der Waals surface area contributed by atoms with Crippen LogP contribution in [-0.4, -0.2) is 28.6 Å². The Hall–Kier alpha value is -2.93. The van der Waals surface area contributed by atoms with E-state index in [1.807, 2.05) is 55.5 Å². The first-order valence-electron chi connectivity index (χ1n) is 8.48. The Kier molecular flexibility index (Phi) is 6.03. The molecule has 1 heterocycles. The van der Waals surface area contributed by atoms with Crippen molar-refractivity contribution in [3.8, 4) is 11.3 Å². The quantitative estimate of drug-likeness (QED) is 0.558. The van der Waals surface area contributed by atoms with Gasteiger partial charge in [-0.2, -0.15) is 5.10 Å². The number of carbonyl (C=O) groups excluding carboxylic acids is 2. The lowest BCUT2D eigenvalue weighted by Gasteiger charge is -2.09. The normalized spacial score (nSPS) is 10.4. The topological polar surface area (TPSA) is 86.9 Å². The zero-order valence-electron chi connectivity index (χ0n) is 14.8. The van der Waals surface area contributed by atoms with Crippen molar-refractivity contribution in [2.24, 2.45) is 0 Å². The van der Waals surface area contributed by atoms with Gasteiger partial charge in [-0.15, -0.1) is 0 Å². The summed E-state index contributed by atoms with van der Waals surface area (Å²) in [5.41, 5.74) is 3.71. The van der Waals surface area contributed by atoms with Crippen LogP contribution in [0.4, 0.5) is 5.69 Å². The molecule has 27 heavy (non-hydrogen) atoms. The van der Waals surface area contributed by atoms with Crippen LogP contribution in [0.1, 0.15) is 22.5 Å². The largest absolute Gasteiger partial charge is 0.350 e. The SMILES string of the molecule is Cc1ccc(Br)cc1NC(=O)CCNC(=O)c1cc(-c2ccccc2)n[nH]1. The third-order valence-electron chi connectivity index (χ3n) is 4.00. The van der Waals surface area contributed by atoms with E-state index in [1.54, 1.807) is 6.07 Å². The van der Waals surface area contributed by atoms with Crippen molar-refractivity contribution in [2.75, 3.05) is 11.9 Å². The van der Waals surface area contributed by atoms with Crippen LogP contribution >= 0.6 is 15.9 Å². The van der Waals surface area contributed by atoms with Gasteiger partial charge in [-0.3, -0.25) is 14.7 Å². The Balaban J connectivity index is 1.50. The average molecular weight is 427 g/mol. The molecule has 3 aromatic rings. The number of rotatable bonds is 6. The van der Waals surface area contributed by atoms with Crippen LogP contribution < -0.4 is 10.6 Å². The number of carbonyl (C=O) groups is 2. The fourth-order valence-electron chi connectivity index (χ4n) is 2.52. The van der Waals surface area contributed by atoms with Gasteiger partial charge in [0.25, 0.3) is 5.91 Å². The highest BCUT2D eigenvalue weighted by Gasteiger charge is 2.12. The maximum absolute atomic E-state index is 12.2. The lowest BCUT2D eigenvalue weighted by Crippen LogP contribution is -2.28. The molecule has 7 heteroatoms. The Morgan fingerprint density at radius 2 is 1.89 bits per heavy atom. The summed E-state index contributed by atoms with van der Waals surface area (Å²) in [5, 5.41) is 12.5. The van der Waals surface area contributed by atoms with Crippen molar-refractivity contribution in [1.29, 1.82) is 0 Å². The summed E-state index contributed by atoms with van der Waals surface area (Å²) in [7, 11) is 0. The summed E-state index contributed by atoms with van der Waals surface area (Å²) in [6.45, 7) is 2.16. The molecule has 0 saturated heterocycles. The van der Waals surface area contributed by atoms with Crippen LogP contribution in [-0.2, 0) is 4.79 Å². The Morgan fingerprint density at radius 1 is 1.11 bits per heavy atom. The first-order valence-corrected chi connectivity index (χ1v) is 9.27. The van der Waals surface area contributed by atoms with E-state index in [-0.39, 0.29) is 24.8 Å². The van der Waals surface area contributed by atoms with E-state index in [2.05, 4.69) is 36.8 Å². The number of hydrogen-bond donors (Lipinski definition) is 3. The molecule has 0 aliphatic carbocycles. The van der Waals surface area contributed by atoms with E-state index in [9.17, 15) is 9.59 Å². The van der Waals surface area contributed by atoms with Gasteiger partial charge in [0.15, 0.2) is 0 Å². The van der Waals surface area contributed by atoms with Crippen molar-refractivity contribution in [3.63, 3.8) is 0 Å². The minimum Gasteiger partial charge on any atom is -0.350 e. The fraction of sp³-hybridized carbons (Fsp3) is 0.150. The van der Waals surface area contributed by atoms with Gasteiger partial charge in [-0.25, -0.2) is 0 Å². The molecular weight excluding hydrogens is 408 g/mol. The molecule has 0 saturated carbocycles. The number of aromatic amines is 1. The van der Waals surface area contributed by atoms with Gasteiger partial charge in [-0.1, -0.05) is 52.3 Å². The average Bonchev–Trinajstić information content (AvgIpc) is 3.16. The number of hydrogen-bond acceptors (Lipinski definition) is 3. The monoisotopic (exact) mass is 426 g/mol. The number of aromatic nitrogens is 2. The van der Waals surface area contributed by atoms with Gasteiger partial charge >= 0.3 is 0 Å². The lowest BCUT2D eigenvalue weighted by atomic mass is 10.1. The van der Waals surface area contributed by atoms with Gasteiger partial charge in [-0.05, 0) is 30.7 Å². The third kappa shape index (κ3) is 5.04. The highest BCUT2D eigenvalue weighted by atomic mass is 79.9. The third-order valence-corrected chi connectivity index (χ3v) is 4.50. The van der Waals surface area contributed by atoms with Crippen LogP contribution in [0.3, 0.4) is 0 Å². The predicted molar refractivity (Wildman–Crippen MR) is 108 cm³/mol. The van der Waals surface area contributed by atoms with E-state index >= 15 is 0 Å². The molecule has 2 amide bonds. The number of nitrogens with zero attached hydrogens (tertiary/aromatic N) is 1. The molecule has 0 spiro atoms. The van der Waals surface area contributed by atoms with Crippen molar-refractivity contribution in [2.45, 2.75) is 13.3 Å². The molecule has 0 fully saturated rings. The standard InChI is InChI=1S/C20H19BrN4O2/c1-13-7-8-15(21)11-16(13)23-19(26)9-10-22-20(27)18-12-17(24-25-18)14-5-3-2-4-6-14/h2-8,11-12H,9-10H2,1H3,(H,22,27)(H,23,26)(H,24,25). The molecule has 0 bridgehead atoms. The summed E-state index contributed by atoms with van der Waals surface area (Å²) in [6, 6.07) is 17.0. The first kappa shape index (κ1) is 18.8. The minimum atomic E-state index is -0.295. The van der Waals surface area contributed by atoms with E-state index < -0.39 is 0 Å². The van der Waals surface area contributed by atoms with Crippen LogP contribution in [0.25, 0.3) is 11.3 Å². The highest BCUT2D eigenvalue weighted by Crippen LogP contribution is 2.20. The number of nitrogens with one attached hydrogen (secondary N) is 3. The van der Waals surface area contributed by atoms with Crippen molar-refractivity contribution >= 4 is 33.4 Å². The molecule has 3 N–H and O–H groups in total. The number of anilines is 1. The van der Waals surface area contributed by atoms with Crippen LogP contribution in [0, 0.1) is 6.92 Å². The zero-order valence-corrected chi connectivity index (χ0v) is 16.3. The number of amides is 2. The predicted octanol–water partition coefficient (Wildman–Crippen LogP) is 3.91. The molecule has 1 aromatic heterocycles. The van der Waals surface area contributed by atoms with Crippen molar-refractivity contribution < 1.29 is 9.59 Å². The van der Waals surface area contributed by atoms with Gasteiger partial charge in [0, 0.05) is 28.7 Å². The van der Waals surface area contributed by atoms with Crippen LogP contribution in [0.2, 0.25) is 0 Å². The summed E-state index contributed by atoms with van der Waals surface area (Å²) in [4.78, 5) is 24.3. The molecular formula is C20H19BrN4O2. The van der Waals surface area contributed by atoms with E-state index in [0.717, 1.165) is 21.3 Å². The number of halogens is 1. The van der Waals surface area contributed by atoms with Crippen LogP contribution in [0.15, 0.2) is 59.1 Å². The second kappa shape index (κ2) is 8.64. The number of H-pyrrole nitrogens is 1. The molecule has 6 nitrogen and oxygen atoms in total. The van der Waals surface area contributed by atoms with E-state index in [4.69, 9.17) is 0 Å². The van der Waals surface area contributed by atoms with E-state index in [0.29, 0.717) is 11.4 Å². The van der Waals surface area contributed by atoms with Gasteiger partial charge in [0.1, 0.15) is 5.69 Å². The maximum atomic E-state index is 12.2. The second-order valence-electron chi connectivity index (χ2n) is 6.05. The molecule has 3 rings (SSSR count). The Labute approximate surface area is 165 Å². The first-order chi connectivity index (χ1) is 13.0. The Bertz CT molecular complexity index is 954. The van der Waals surface area contributed by atoms with Crippen LogP contribution in [0.5, 0.6) is 0 Å². The summed E-state index contributed by atoms with van der Waals surface area (Å²) in [5.74, 6) is -0.456. The van der Waals surface area contributed by atoms with Crippen molar-refractivity contribution in [3.05, 3.63) is 70.3 Å². The van der Waals surface area contributed by atoms with Gasteiger partial charge in [0.2, 0.25) is 5.91 Å². The fourth-order valence-corrected chi connectivity index (χ4v) is 2.88. The number of benzene rings is 2. The Morgan fingerprint density at radius 3 is 2.67 bits per heavy atom. The summed E-state index contributed by atoms with van der Waals surface area (Å²) >= 11 is 3.38. The zero-order chi connectivity index (χ0) is 19.2. The highest BCUT2D eigenvalue weighted by molar-refractivity contribution is 9.10. The van der Waals surface area contributed by atoms with E-state index in [1.165, 1.54) is 0 Å². The number of aryl methyl sites for hydroxylation is 1. The van der Waals surface area contributed by atoms with Gasteiger partial charge in [0.05, 0.1) is 5.69 Å². The summed E-state index contributed by atoms with van der Waals surface area (Å²) in [6.07, 6.45) is 0.178. The minimum absolute atomic E-state index is 0.161. The molecule has 0 aliphatic rings. The van der Waals surface area contributed by atoms with Gasteiger partial charge < -0.3 is 10.6 Å². The lowest BCUT2D eigenvalue weighted by molar-refractivity contribution is -0.116. The molecule has 2 aromatic carbocycles. The molecule has 138 valence electrons. The molecule has 0 aliphatic heterocycles. The molecule has 0 atom stereocenters. The van der Waals surface area contributed by atoms with Crippen molar-refractivity contribution in [1.82, 2.24) is 15.5 Å². The molecule has 0 radical (unpaired) electrons. The second-order valence-corrected chi connectivity index (χ2v) is 6.96. The smallest absolute Gasteiger partial charge is 0.269 e. The summed E-state index contributed by atoms with van der Waals surface area (Å²) < 4.78 is 0.894. The maximum Gasteiger partial charge on any atom is 0.269 e.